The highest BCUT2D eigenvalue weighted by molar-refractivity contribution is 7.99. The number of halogens is 3. The Morgan fingerprint density at radius 3 is 2.90 bits per heavy atom. The summed E-state index contributed by atoms with van der Waals surface area (Å²) in [4.78, 5) is 19.1. The number of rotatable bonds is 3. The number of hydrogen-bond donors (Lipinski definition) is 2. The molecule has 2 aromatic rings. The number of amidine groups is 1. The number of nitrogens with zero attached hydrogens (tertiary/aromatic N) is 2. The number of anilines is 1. The van der Waals surface area contributed by atoms with Gasteiger partial charge in [0.1, 0.15) is 17.5 Å². The lowest BCUT2D eigenvalue weighted by molar-refractivity contribution is -0.105. The molecule has 0 spiro atoms. The molecule has 2 N–H and O–H groups in total. The molecule has 1 fully saturated rings. The molecule has 0 radical (unpaired) electrons. The summed E-state index contributed by atoms with van der Waals surface area (Å²) >= 11 is 8.10. The Labute approximate surface area is 182 Å². The molecule has 9 heteroatoms. The van der Waals surface area contributed by atoms with Gasteiger partial charge in [-0.15, -0.1) is 11.8 Å². The second-order valence-corrected chi connectivity index (χ2v) is 8.68. The Bertz CT molecular complexity index is 1020. The molecule has 0 saturated carbocycles. The number of piperazine rings is 1. The molecule has 1 amide bonds. The molecule has 1 atom stereocenters. The summed E-state index contributed by atoms with van der Waals surface area (Å²) in [7, 11) is 0. The minimum atomic E-state index is -0.703. The molecule has 0 aromatic heterocycles. The van der Waals surface area contributed by atoms with Gasteiger partial charge in [0.15, 0.2) is 0 Å². The molecule has 2 aliphatic heterocycles. The van der Waals surface area contributed by atoms with Gasteiger partial charge in [-0.05, 0) is 25.1 Å². The number of carbonyl (C=O) groups excluding carboxylic acids is 1. The molecule has 4 rings (SSSR count). The van der Waals surface area contributed by atoms with Crippen molar-refractivity contribution in [3.05, 3.63) is 46.5 Å². The SMILES string of the molecule is CC1CNCCN1C1=NCCSc2c(NC=O)c1cc(Cl)c2-c1ccc(F)cc1F. The zero-order valence-electron chi connectivity index (χ0n) is 16.3. The van der Waals surface area contributed by atoms with Crippen LogP contribution in [0.15, 0.2) is 34.2 Å². The minimum Gasteiger partial charge on any atom is -0.351 e. The van der Waals surface area contributed by atoms with Gasteiger partial charge in [0, 0.05) is 59.1 Å². The number of thioether (sulfide) groups is 1. The average molecular weight is 451 g/mol. The maximum absolute atomic E-state index is 14.6. The number of fused-ring (bicyclic) bond motifs is 2. The molecule has 1 unspecified atom stereocenters. The fraction of sp³-hybridized carbons (Fsp3) is 0.333. The minimum absolute atomic E-state index is 0.194. The lowest BCUT2D eigenvalue weighted by Crippen LogP contribution is -2.52. The highest BCUT2D eigenvalue weighted by Crippen LogP contribution is 2.46. The summed E-state index contributed by atoms with van der Waals surface area (Å²) in [5.41, 5.74) is 1.89. The lowest BCUT2D eigenvalue weighted by atomic mass is 9.99. The van der Waals surface area contributed by atoms with E-state index in [1.807, 2.05) is 0 Å². The van der Waals surface area contributed by atoms with Gasteiger partial charge in [-0.3, -0.25) is 9.79 Å². The zero-order chi connectivity index (χ0) is 21.3. The van der Waals surface area contributed by atoms with Crippen LogP contribution >= 0.6 is 23.4 Å². The highest BCUT2D eigenvalue weighted by Gasteiger charge is 2.29. The second-order valence-electron chi connectivity index (χ2n) is 7.17. The summed E-state index contributed by atoms with van der Waals surface area (Å²) in [5, 5.41) is 6.47. The highest BCUT2D eigenvalue weighted by atomic mass is 35.5. The van der Waals surface area contributed by atoms with Gasteiger partial charge in [-0.1, -0.05) is 11.6 Å². The first kappa shape index (κ1) is 21.1. The van der Waals surface area contributed by atoms with Gasteiger partial charge < -0.3 is 15.5 Å². The normalized spacial score (nSPS) is 19.0. The smallest absolute Gasteiger partial charge is 0.211 e. The molecular weight excluding hydrogens is 430 g/mol. The van der Waals surface area contributed by atoms with Crippen LogP contribution in [0.4, 0.5) is 14.5 Å². The monoisotopic (exact) mass is 450 g/mol. The number of aliphatic imine (C=N–C) groups is 1. The number of amides is 1. The molecule has 2 heterocycles. The van der Waals surface area contributed by atoms with E-state index in [0.29, 0.717) is 45.4 Å². The van der Waals surface area contributed by atoms with E-state index in [1.165, 1.54) is 23.9 Å². The Morgan fingerprint density at radius 2 is 2.17 bits per heavy atom. The first-order chi connectivity index (χ1) is 14.5. The Morgan fingerprint density at radius 1 is 1.33 bits per heavy atom. The van der Waals surface area contributed by atoms with Crippen molar-refractivity contribution < 1.29 is 13.6 Å². The third kappa shape index (κ3) is 3.91. The topological polar surface area (TPSA) is 56.7 Å². The van der Waals surface area contributed by atoms with Gasteiger partial charge in [0.05, 0.1) is 17.3 Å². The van der Waals surface area contributed by atoms with Crippen molar-refractivity contribution in [2.24, 2.45) is 4.99 Å². The predicted octanol–water partition coefficient (Wildman–Crippen LogP) is 4.00. The molecule has 30 heavy (non-hydrogen) atoms. The first-order valence-electron chi connectivity index (χ1n) is 9.68. The maximum atomic E-state index is 14.6. The van der Waals surface area contributed by atoms with E-state index in [9.17, 15) is 13.6 Å². The maximum Gasteiger partial charge on any atom is 0.211 e. The quantitative estimate of drug-likeness (QED) is 0.694. The summed E-state index contributed by atoms with van der Waals surface area (Å²) in [5.74, 6) is 0.0356. The third-order valence-corrected chi connectivity index (χ3v) is 6.63. The van der Waals surface area contributed by atoms with Gasteiger partial charge >= 0.3 is 0 Å². The van der Waals surface area contributed by atoms with E-state index in [0.717, 1.165) is 31.5 Å². The fourth-order valence-corrected chi connectivity index (χ4v) is 5.30. The molecule has 0 aliphatic carbocycles. The van der Waals surface area contributed by atoms with Crippen molar-refractivity contribution in [1.29, 1.82) is 0 Å². The number of benzene rings is 2. The number of hydrogen-bond acceptors (Lipinski definition) is 5. The molecule has 2 aromatic carbocycles. The molecule has 158 valence electrons. The van der Waals surface area contributed by atoms with Crippen LogP contribution in [0.5, 0.6) is 0 Å². The molecule has 5 nitrogen and oxygen atoms in total. The summed E-state index contributed by atoms with van der Waals surface area (Å²) in [6, 6.07) is 5.34. The summed E-state index contributed by atoms with van der Waals surface area (Å²) in [6.07, 6.45) is 0.599. The first-order valence-corrected chi connectivity index (χ1v) is 11.0. The van der Waals surface area contributed by atoms with Crippen molar-refractivity contribution in [3.63, 3.8) is 0 Å². The van der Waals surface area contributed by atoms with Crippen LogP contribution in [0.1, 0.15) is 12.5 Å². The van der Waals surface area contributed by atoms with E-state index in [-0.39, 0.29) is 11.6 Å². The Balaban J connectivity index is 1.93. The second kappa shape index (κ2) is 8.91. The predicted molar refractivity (Wildman–Crippen MR) is 118 cm³/mol. The van der Waals surface area contributed by atoms with Gasteiger partial charge in [0.25, 0.3) is 0 Å². The molecular formula is C21H21ClF2N4OS. The summed E-state index contributed by atoms with van der Waals surface area (Å²) < 4.78 is 28.1. The van der Waals surface area contributed by atoms with Crippen LogP contribution in [-0.4, -0.2) is 55.1 Å². The third-order valence-electron chi connectivity index (χ3n) is 5.25. The Kier molecular flexibility index (Phi) is 6.26. The largest absolute Gasteiger partial charge is 0.351 e. The van der Waals surface area contributed by atoms with Crippen molar-refractivity contribution in [2.75, 3.05) is 37.2 Å². The fourth-order valence-electron chi connectivity index (χ4n) is 3.88. The van der Waals surface area contributed by atoms with Crippen LogP contribution in [0.2, 0.25) is 5.02 Å². The number of nitrogens with one attached hydrogen (secondary N) is 2. The van der Waals surface area contributed by atoms with Crippen molar-refractivity contribution >= 4 is 41.3 Å². The van der Waals surface area contributed by atoms with Crippen LogP contribution < -0.4 is 10.6 Å². The average Bonchev–Trinajstić information content (AvgIpc) is 2.71. The van der Waals surface area contributed by atoms with Crippen LogP contribution in [-0.2, 0) is 4.79 Å². The Hall–Kier alpha value is -2.16. The van der Waals surface area contributed by atoms with Crippen molar-refractivity contribution in [2.45, 2.75) is 17.9 Å². The van der Waals surface area contributed by atoms with Gasteiger partial charge in [0.2, 0.25) is 6.41 Å². The lowest BCUT2D eigenvalue weighted by Gasteiger charge is -2.38. The molecule has 2 aliphatic rings. The standard InChI is InChI=1S/C21H21ClF2N4OS/c1-12-10-25-4-6-28(12)21-15-9-16(22)18(14-3-2-13(23)8-17(14)24)20(19(15)27-11-29)30-7-5-26-21/h2-3,8-9,11-12,25H,4-7,10H2,1H3,(H,27,29). The van der Waals surface area contributed by atoms with E-state index in [2.05, 4.69) is 22.5 Å². The van der Waals surface area contributed by atoms with Crippen LogP contribution in [0.25, 0.3) is 11.1 Å². The van der Waals surface area contributed by atoms with E-state index >= 15 is 0 Å². The number of carbonyl (C=O) groups is 1. The van der Waals surface area contributed by atoms with Crippen LogP contribution in [0, 0.1) is 11.6 Å². The van der Waals surface area contributed by atoms with Crippen molar-refractivity contribution in [1.82, 2.24) is 10.2 Å². The van der Waals surface area contributed by atoms with Gasteiger partial charge in [-0.25, -0.2) is 8.78 Å². The van der Waals surface area contributed by atoms with E-state index in [1.54, 1.807) is 6.07 Å². The van der Waals surface area contributed by atoms with Crippen molar-refractivity contribution in [3.8, 4) is 11.1 Å². The summed E-state index contributed by atoms with van der Waals surface area (Å²) in [6.45, 7) is 5.11. The molecule has 1 saturated heterocycles. The van der Waals surface area contributed by atoms with Gasteiger partial charge in [-0.2, -0.15) is 0 Å². The van der Waals surface area contributed by atoms with E-state index in [4.69, 9.17) is 16.6 Å². The van der Waals surface area contributed by atoms with Crippen LogP contribution in [0.3, 0.4) is 0 Å². The zero-order valence-corrected chi connectivity index (χ0v) is 17.9. The molecule has 2 bridgehead atoms. The van der Waals surface area contributed by atoms with E-state index < -0.39 is 11.6 Å².